The van der Waals surface area contributed by atoms with E-state index in [0.717, 1.165) is 41.4 Å². The first-order valence-electron chi connectivity index (χ1n) is 12.2. The lowest BCUT2D eigenvalue weighted by atomic mass is 9.82. The summed E-state index contributed by atoms with van der Waals surface area (Å²) in [5.74, 6) is 0.912. The quantitative estimate of drug-likeness (QED) is 0.486. The molecule has 0 amide bonds. The molecule has 0 spiro atoms. The molecule has 1 aliphatic carbocycles. The summed E-state index contributed by atoms with van der Waals surface area (Å²) < 4.78 is 20.9. The normalized spacial score (nSPS) is 23.1. The van der Waals surface area contributed by atoms with Crippen LogP contribution in [0.15, 0.2) is 60.7 Å². The topological polar surface area (TPSA) is 52.9 Å². The molecule has 178 valence electrons. The predicted octanol–water partition coefficient (Wildman–Crippen LogP) is 5.82. The van der Waals surface area contributed by atoms with Crippen LogP contribution in [-0.4, -0.2) is 40.9 Å². The summed E-state index contributed by atoms with van der Waals surface area (Å²) in [5.41, 5.74) is 3.58. The fourth-order valence-corrected chi connectivity index (χ4v) is 5.58. The highest BCUT2D eigenvalue weighted by Crippen LogP contribution is 2.50. The lowest BCUT2D eigenvalue weighted by Gasteiger charge is -2.24. The van der Waals surface area contributed by atoms with Crippen molar-refractivity contribution >= 4 is 0 Å². The summed E-state index contributed by atoms with van der Waals surface area (Å²) in [6.45, 7) is 7.44. The molecule has 2 aliphatic rings. The highest BCUT2D eigenvalue weighted by molar-refractivity contribution is 5.52. The summed E-state index contributed by atoms with van der Waals surface area (Å²) in [4.78, 5) is 2.49. The van der Waals surface area contributed by atoms with E-state index in [0.29, 0.717) is 24.6 Å². The van der Waals surface area contributed by atoms with Crippen LogP contribution in [0.5, 0.6) is 17.2 Å². The number of likely N-dealkylation sites (tertiary alicyclic amines) is 1. The molecule has 4 nitrogen and oxygen atoms in total. The molecule has 5 heteroatoms. The molecule has 1 saturated heterocycles. The van der Waals surface area contributed by atoms with E-state index in [1.807, 2.05) is 30.3 Å². The second-order valence-corrected chi connectivity index (χ2v) is 9.96. The zero-order valence-electron chi connectivity index (χ0n) is 19.7. The van der Waals surface area contributed by atoms with Gasteiger partial charge < -0.3 is 14.9 Å². The summed E-state index contributed by atoms with van der Waals surface area (Å²) >= 11 is 0. The molecular weight excluding hydrogens is 429 g/mol. The monoisotopic (exact) mass is 461 g/mol. The number of phenols is 2. The van der Waals surface area contributed by atoms with Crippen LogP contribution >= 0.6 is 0 Å². The molecule has 0 bridgehead atoms. The number of halogens is 1. The Morgan fingerprint density at radius 2 is 1.71 bits per heavy atom. The summed E-state index contributed by atoms with van der Waals surface area (Å²) in [5, 5.41) is 19.7. The van der Waals surface area contributed by atoms with Gasteiger partial charge in [0, 0.05) is 18.5 Å². The fraction of sp³-hybridized carbons (Fsp3) is 0.379. The first kappa shape index (κ1) is 22.7. The molecule has 3 aromatic carbocycles. The summed E-state index contributed by atoms with van der Waals surface area (Å²) in [7, 11) is 0. The molecular formula is C29H32FNO3. The van der Waals surface area contributed by atoms with Crippen molar-refractivity contribution in [2.75, 3.05) is 19.7 Å². The van der Waals surface area contributed by atoms with Crippen molar-refractivity contribution in [3.63, 3.8) is 0 Å². The summed E-state index contributed by atoms with van der Waals surface area (Å²) in [6.07, 6.45) is 1.75. The van der Waals surface area contributed by atoms with E-state index in [1.165, 1.54) is 12.5 Å². The number of phenolic OH excluding ortho intramolecular Hbond substituents is 2. The van der Waals surface area contributed by atoms with Crippen LogP contribution in [0.2, 0.25) is 0 Å². The van der Waals surface area contributed by atoms with Gasteiger partial charge in [-0.05, 0) is 90.7 Å². The Balaban J connectivity index is 1.38. The third-order valence-corrected chi connectivity index (χ3v) is 7.55. The third kappa shape index (κ3) is 4.37. The van der Waals surface area contributed by atoms with Gasteiger partial charge in [0.25, 0.3) is 0 Å². The first-order valence-corrected chi connectivity index (χ1v) is 12.2. The number of ether oxygens (including phenoxy) is 1. The van der Waals surface area contributed by atoms with Gasteiger partial charge in [-0.2, -0.15) is 0 Å². The molecule has 1 aliphatic heterocycles. The number of benzene rings is 3. The van der Waals surface area contributed by atoms with Gasteiger partial charge in [-0.1, -0.05) is 37.3 Å². The van der Waals surface area contributed by atoms with Crippen LogP contribution in [0.25, 0.3) is 0 Å². The third-order valence-electron chi connectivity index (χ3n) is 7.55. The second kappa shape index (κ2) is 9.30. The number of hydrogen-bond donors (Lipinski definition) is 2. The molecule has 0 saturated carbocycles. The molecule has 0 radical (unpaired) electrons. The predicted molar refractivity (Wildman–Crippen MR) is 131 cm³/mol. The van der Waals surface area contributed by atoms with E-state index in [-0.39, 0.29) is 23.3 Å². The smallest absolute Gasteiger partial charge is 0.168 e. The van der Waals surface area contributed by atoms with Gasteiger partial charge in [-0.25, -0.2) is 4.39 Å². The average molecular weight is 462 g/mol. The van der Waals surface area contributed by atoms with Crippen LogP contribution in [0, 0.1) is 11.7 Å². The van der Waals surface area contributed by atoms with Crippen molar-refractivity contribution in [3.05, 3.63) is 88.7 Å². The number of nitrogens with zero attached hydrogens (tertiary/aromatic N) is 1. The minimum absolute atomic E-state index is 0.0100. The van der Waals surface area contributed by atoms with Gasteiger partial charge in [-0.3, -0.25) is 4.90 Å². The maximum Gasteiger partial charge on any atom is 0.168 e. The molecule has 1 fully saturated rings. The number of rotatable bonds is 6. The van der Waals surface area contributed by atoms with Crippen LogP contribution in [-0.2, 0) is 6.42 Å². The Morgan fingerprint density at radius 3 is 2.38 bits per heavy atom. The minimum Gasteiger partial charge on any atom is -0.508 e. The fourth-order valence-electron chi connectivity index (χ4n) is 5.58. The van der Waals surface area contributed by atoms with E-state index in [4.69, 9.17) is 4.74 Å². The van der Waals surface area contributed by atoms with E-state index in [9.17, 15) is 14.6 Å². The van der Waals surface area contributed by atoms with Crippen molar-refractivity contribution in [2.24, 2.45) is 5.92 Å². The van der Waals surface area contributed by atoms with E-state index < -0.39 is 5.82 Å². The van der Waals surface area contributed by atoms with E-state index in [2.05, 4.69) is 30.9 Å². The number of fused-ring (bicyclic) bond motifs is 1. The average Bonchev–Trinajstić information content (AvgIpc) is 3.45. The second-order valence-electron chi connectivity index (χ2n) is 9.96. The largest absolute Gasteiger partial charge is 0.508 e. The van der Waals surface area contributed by atoms with Crippen molar-refractivity contribution < 1.29 is 19.3 Å². The van der Waals surface area contributed by atoms with Crippen LogP contribution < -0.4 is 4.74 Å². The molecule has 3 aromatic rings. The van der Waals surface area contributed by atoms with E-state index in [1.54, 1.807) is 12.1 Å². The van der Waals surface area contributed by atoms with Gasteiger partial charge in [0.15, 0.2) is 11.6 Å². The lowest BCUT2D eigenvalue weighted by molar-refractivity contribution is 0.169. The van der Waals surface area contributed by atoms with Crippen LogP contribution in [0.1, 0.15) is 54.4 Å². The van der Waals surface area contributed by atoms with Crippen LogP contribution in [0.3, 0.4) is 0 Å². The van der Waals surface area contributed by atoms with E-state index >= 15 is 0 Å². The van der Waals surface area contributed by atoms with Gasteiger partial charge in [-0.15, -0.1) is 0 Å². The molecule has 4 atom stereocenters. The van der Waals surface area contributed by atoms with Gasteiger partial charge in [0.1, 0.15) is 18.1 Å². The van der Waals surface area contributed by atoms with Gasteiger partial charge in [0.2, 0.25) is 0 Å². The lowest BCUT2D eigenvalue weighted by Crippen LogP contribution is -2.35. The standard InChI is InChI=1S/C29H32FNO3/c1-18-13-14-31(16-18)19(2)17-34-23-9-5-21(6-10-23)28-24-11-12-27(33)29(30)26(24)15-25(28)20-3-7-22(32)8-4-20/h3-12,18-19,25,28,32-33H,13-17H2,1-2H3. The maximum absolute atomic E-state index is 14.8. The van der Waals surface area contributed by atoms with Crippen molar-refractivity contribution in [1.29, 1.82) is 0 Å². The maximum atomic E-state index is 14.8. The molecule has 34 heavy (non-hydrogen) atoms. The zero-order chi connectivity index (χ0) is 23.8. The van der Waals surface area contributed by atoms with Crippen molar-refractivity contribution in [1.82, 2.24) is 4.90 Å². The first-order chi connectivity index (χ1) is 16.4. The Hall–Kier alpha value is -3.05. The number of hydrogen-bond acceptors (Lipinski definition) is 4. The highest BCUT2D eigenvalue weighted by Gasteiger charge is 2.37. The Bertz CT molecular complexity index is 1150. The SMILES string of the molecule is CC1CCN(C(C)COc2ccc(C3c4ccc(O)c(F)c4CC3c3ccc(O)cc3)cc2)C1. The molecule has 4 unspecified atom stereocenters. The molecule has 5 rings (SSSR count). The Morgan fingerprint density at radius 1 is 1.00 bits per heavy atom. The molecule has 1 heterocycles. The minimum atomic E-state index is -0.533. The van der Waals surface area contributed by atoms with Crippen molar-refractivity contribution in [2.45, 2.75) is 44.6 Å². The molecule has 2 N–H and O–H groups in total. The van der Waals surface area contributed by atoms with Crippen molar-refractivity contribution in [3.8, 4) is 17.2 Å². The highest BCUT2D eigenvalue weighted by atomic mass is 19.1. The Kier molecular flexibility index (Phi) is 6.22. The summed E-state index contributed by atoms with van der Waals surface area (Å²) in [6, 6.07) is 18.9. The van der Waals surface area contributed by atoms with Crippen LogP contribution in [0.4, 0.5) is 4.39 Å². The van der Waals surface area contributed by atoms with Gasteiger partial charge in [0.05, 0.1) is 0 Å². The Labute approximate surface area is 200 Å². The molecule has 0 aromatic heterocycles. The van der Waals surface area contributed by atoms with Gasteiger partial charge >= 0.3 is 0 Å². The zero-order valence-corrected chi connectivity index (χ0v) is 19.7. The number of aromatic hydroxyl groups is 2.